The summed E-state index contributed by atoms with van der Waals surface area (Å²) in [5.41, 5.74) is -0.148. The molecule has 0 aromatic rings. The van der Waals surface area contributed by atoms with Crippen LogP contribution >= 0.6 is 0 Å². The molecule has 0 saturated heterocycles. The van der Waals surface area contributed by atoms with Crippen molar-refractivity contribution in [3.8, 4) is 0 Å². The average molecular weight is 285 g/mol. The molecular weight excluding hydrogens is 263 g/mol. The van der Waals surface area contributed by atoms with Crippen LogP contribution in [0.3, 0.4) is 0 Å². The van der Waals surface area contributed by atoms with Gasteiger partial charge < -0.3 is 15.2 Å². The van der Waals surface area contributed by atoms with Crippen LogP contribution in [0.4, 0.5) is 13.2 Å². The molecule has 4 nitrogen and oxygen atoms in total. The Kier molecular flexibility index (Phi) is 8.01. The van der Waals surface area contributed by atoms with Crippen LogP contribution in [0, 0.1) is 5.41 Å². The maximum Gasteiger partial charge on any atom is 0.411 e. The number of aliphatic hydroxyl groups is 1. The highest BCUT2D eigenvalue weighted by Gasteiger charge is 2.27. The van der Waals surface area contributed by atoms with Crippen LogP contribution in [-0.2, 0) is 9.53 Å². The molecule has 0 aromatic heterocycles. The number of aliphatic hydroxyl groups excluding tert-OH is 1. The fourth-order valence-electron chi connectivity index (χ4n) is 1.43. The van der Waals surface area contributed by atoms with Gasteiger partial charge in [0.05, 0.1) is 6.61 Å². The number of carbonyl (C=O) groups excluding carboxylic acids is 1. The monoisotopic (exact) mass is 285 g/mol. The van der Waals surface area contributed by atoms with Gasteiger partial charge in [0.15, 0.2) is 0 Å². The van der Waals surface area contributed by atoms with Crippen molar-refractivity contribution < 1.29 is 27.8 Å². The molecule has 19 heavy (non-hydrogen) atoms. The number of hydrogen-bond donors (Lipinski definition) is 2. The van der Waals surface area contributed by atoms with Gasteiger partial charge in [-0.1, -0.05) is 13.8 Å². The molecule has 0 aliphatic rings. The number of hydrogen-bond acceptors (Lipinski definition) is 3. The summed E-state index contributed by atoms with van der Waals surface area (Å²) >= 11 is 0. The first kappa shape index (κ1) is 18.2. The van der Waals surface area contributed by atoms with Crippen LogP contribution in [0.25, 0.3) is 0 Å². The molecule has 0 aliphatic heterocycles. The van der Waals surface area contributed by atoms with E-state index < -0.39 is 12.8 Å². The zero-order valence-corrected chi connectivity index (χ0v) is 11.3. The third kappa shape index (κ3) is 12.0. The lowest BCUT2D eigenvalue weighted by Crippen LogP contribution is -2.34. The number of carbonyl (C=O) groups is 1. The molecule has 0 radical (unpaired) electrons. The van der Waals surface area contributed by atoms with E-state index in [1.165, 1.54) is 0 Å². The first-order chi connectivity index (χ1) is 8.66. The van der Waals surface area contributed by atoms with E-state index in [9.17, 15) is 18.0 Å². The minimum absolute atomic E-state index is 0.0911. The lowest BCUT2D eigenvalue weighted by molar-refractivity contribution is -0.174. The number of rotatable bonds is 9. The first-order valence-corrected chi connectivity index (χ1v) is 6.18. The molecule has 0 saturated carbocycles. The van der Waals surface area contributed by atoms with Crippen LogP contribution in [0.1, 0.15) is 33.1 Å². The van der Waals surface area contributed by atoms with E-state index in [4.69, 9.17) is 5.11 Å². The third-order valence-corrected chi connectivity index (χ3v) is 2.51. The van der Waals surface area contributed by atoms with Gasteiger partial charge in [0.1, 0.15) is 6.61 Å². The van der Waals surface area contributed by atoms with Crippen molar-refractivity contribution >= 4 is 5.91 Å². The van der Waals surface area contributed by atoms with E-state index in [2.05, 4.69) is 10.1 Å². The maximum absolute atomic E-state index is 11.8. The molecule has 0 aliphatic carbocycles. The summed E-state index contributed by atoms with van der Waals surface area (Å²) in [5.74, 6) is -0.334. The molecule has 0 spiro atoms. The van der Waals surface area contributed by atoms with Crippen molar-refractivity contribution in [2.45, 2.75) is 39.3 Å². The molecule has 0 fully saturated rings. The molecule has 0 unspecified atom stereocenters. The predicted octanol–water partition coefficient (Wildman–Crippen LogP) is 1.87. The predicted molar refractivity (Wildman–Crippen MR) is 64.6 cm³/mol. The molecule has 0 heterocycles. The second kappa shape index (κ2) is 8.37. The van der Waals surface area contributed by atoms with E-state index in [0.29, 0.717) is 13.0 Å². The number of nitrogens with one attached hydrogen (secondary N) is 1. The molecule has 1 amide bonds. The highest BCUT2D eigenvalue weighted by molar-refractivity contribution is 5.75. The summed E-state index contributed by atoms with van der Waals surface area (Å²) in [5, 5.41) is 11.4. The summed E-state index contributed by atoms with van der Waals surface area (Å²) in [7, 11) is 0. The van der Waals surface area contributed by atoms with Crippen molar-refractivity contribution in [3.05, 3.63) is 0 Å². The van der Waals surface area contributed by atoms with Gasteiger partial charge in [-0.3, -0.25) is 4.79 Å². The minimum atomic E-state index is -4.36. The van der Waals surface area contributed by atoms with Crippen molar-refractivity contribution in [3.63, 3.8) is 0 Å². The van der Waals surface area contributed by atoms with Crippen molar-refractivity contribution in [2.24, 2.45) is 5.41 Å². The minimum Gasteiger partial charge on any atom is -0.396 e. The van der Waals surface area contributed by atoms with Gasteiger partial charge in [-0.05, 0) is 18.3 Å². The lowest BCUT2D eigenvalue weighted by Gasteiger charge is -2.24. The Bertz CT molecular complexity index is 267. The Morgan fingerprint density at radius 1 is 1.32 bits per heavy atom. The Morgan fingerprint density at radius 3 is 2.47 bits per heavy atom. The smallest absolute Gasteiger partial charge is 0.396 e. The van der Waals surface area contributed by atoms with Crippen LogP contribution in [0.5, 0.6) is 0 Å². The highest BCUT2D eigenvalue weighted by atomic mass is 19.4. The van der Waals surface area contributed by atoms with E-state index >= 15 is 0 Å². The van der Waals surface area contributed by atoms with Crippen molar-refractivity contribution in [1.29, 1.82) is 0 Å². The number of ether oxygens (including phenoxy) is 1. The summed E-state index contributed by atoms with van der Waals surface area (Å²) < 4.78 is 39.6. The highest BCUT2D eigenvalue weighted by Crippen LogP contribution is 2.20. The Labute approximate surface area is 111 Å². The number of alkyl halides is 3. The second-order valence-electron chi connectivity index (χ2n) is 5.19. The van der Waals surface area contributed by atoms with Crippen molar-refractivity contribution in [1.82, 2.24) is 5.32 Å². The summed E-state index contributed by atoms with van der Waals surface area (Å²) in [6.07, 6.45) is -3.04. The maximum atomic E-state index is 11.8. The van der Waals surface area contributed by atoms with E-state index in [1.807, 2.05) is 13.8 Å². The SMILES string of the molecule is CC(C)(CCCO)CNC(=O)CCOCC(F)(F)F. The Hall–Kier alpha value is -0.820. The van der Waals surface area contributed by atoms with Crippen molar-refractivity contribution in [2.75, 3.05) is 26.4 Å². The standard InChI is InChI=1S/C12H22F3NO3/c1-11(2,5-3-6-17)8-16-10(18)4-7-19-9-12(13,14)15/h17H,3-9H2,1-2H3,(H,16,18). The van der Waals surface area contributed by atoms with Crippen LogP contribution in [0.15, 0.2) is 0 Å². The fourth-order valence-corrected chi connectivity index (χ4v) is 1.43. The molecule has 114 valence electrons. The van der Waals surface area contributed by atoms with Gasteiger partial charge in [0, 0.05) is 19.6 Å². The average Bonchev–Trinajstić information content (AvgIpc) is 2.29. The molecule has 0 aromatic carbocycles. The van der Waals surface area contributed by atoms with Gasteiger partial charge in [0.2, 0.25) is 5.91 Å². The third-order valence-electron chi connectivity index (χ3n) is 2.51. The fraction of sp³-hybridized carbons (Fsp3) is 0.917. The van der Waals surface area contributed by atoms with Gasteiger partial charge in [-0.2, -0.15) is 13.2 Å². The Morgan fingerprint density at radius 2 is 1.95 bits per heavy atom. The topological polar surface area (TPSA) is 58.6 Å². The van der Waals surface area contributed by atoms with Crippen LogP contribution < -0.4 is 5.32 Å². The zero-order valence-electron chi connectivity index (χ0n) is 11.3. The van der Waals surface area contributed by atoms with Crippen LogP contribution in [-0.4, -0.2) is 43.6 Å². The summed E-state index contributed by atoms with van der Waals surface area (Å²) in [6, 6.07) is 0. The van der Waals surface area contributed by atoms with E-state index in [-0.39, 0.29) is 31.0 Å². The second-order valence-corrected chi connectivity index (χ2v) is 5.19. The molecule has 0 atom stereocenters. The normalized spacial score (nSPS) is 12.5. The van der Waals surface area contributed by atoms with Crippen LogP contribution in [0.2, 0.25) is 0 Å². The molecule has 0 rings (SSSR count). The lowest BCUT2D eigenvalue weighted by atomic mass is 9.88. The summed E-state index contributed by atoms with van der Waals surface area (Å²) in [6.45, 7) is 2.84. The van der Waals surface area contributed by atoms with E-state index in [0.717, 1.165) is 6.42 Å². The quantitative estimate of drug-likeness (QED) is 0.636. The van der Waals surface area contributed by atoms with E-state index in [1.54, 1.807) is 0 Å². The number of halogens is 3. The molecule has 7 heteroatoms. The molecule has 2 N–H and O–H groups in total. The summed E-state index contributed by atoms with van der Waals surface area (Å²) in [4.78, 5) is 11.4. The Balaban J connectivity index is 3.69. The van der Waals surface area contributed by atoms with Gasteiger partial charge in [-0.25, -0.2) is 0 Å². The zero-order chi connectivity index (χ0) is 14.9. The first-order valence-electron chi connectivity index (χ1n) is 6.18. The van der Waals surface area contributed by atoms with Gasteiger partial charge >= 0.3 is 6.18 Å². The van der Waals surface area contributed by atoms with Gasteiger partial charge in [-0.15, -0.1) is 0 Å². The number of amides is 1. The van der Waals surface area contributed by atoms with Gasteiger partial charge in [0.25, 0.3) is 0 Å². The molecular formula is C12H22F3NO3. The molecule has 0 bridgehead atoms. The largest absolute Gasteiger partial charge is 0.411 e.